The molecule has 2 amide bonds. The second-order valence-corrected chi connectivity index (χ2v) is 6.39. The van der Waals surface area contributed by atoms with Crippen LogP contribution in [0, 0.1) is 0 Å². The summed E-state index contributed by atoms with van der Waals surface area (Å²) in [5.41, 5.74) is 0.619. The number of nitrogens with one attached hydrogen (secondary N) is 1. The Morgan fingerprint density at radius 1 is 1.42 bits per heavy atom. The third kappa shape index (κ3) is 3.74. The number of thiophene rings is 1. The normalized spacial score (nSPS) is 17.6. The molecule has 1 aromatic heterocycles. The van der Waals surface area contributed by atoms with Crippen molar-refractivity contribution in [2.24, 2.45) is 0 Å². The van der Waals surface area contributed by atoms with Crippen LogP contribution in [-0.4, -0.2) is 43.1 Å². The molecule has 0 saturated carbocycles. The van der Waals surface area contributed by atoms with Gasteiger partial charge in [0.1, 0.15) is 18.4 Å². The molecule has 6 nitrogen and oxygen atoms in total. The van der Waals surface area contributed by atoms with Crippen LogP contribution in [0.5, 0.6) is 5.75 Å². The van der Waals surface area contributed by atoms with Crippen molar-refractivity contribution in [3.05, 3.63) is 46.7 Å². The number of morpholine rings is 1. The molecule has 0 spiro atoms. The van der Waals surface area contributed by atoms with Crippen LogP contribution in [-0.2, 0) is 20.9 Å². The Balaban J connectivity index is 1.74. The fraction of sp³-hybridized carbons (Fsp3) is 0.294. The third-order valence-electron chi connectivity index (χ3n) is 3.74. The third-order valence-corrected chi connectivity index (χ3v) is 4.61. The van der Waals surface area contributed by atoms with Gasteiger partial charge in [0, 0.05) is 16.6 Å². The number of ether oxygens (including phenoxy) is 2. The summed E-state index contributed by atoms with van der Waals surface area (Å²) < 4.78 is 10.4. The van der Waals surface area contributed by atoms with E-state index in [0.717, 1.165) is 4.88 Å². The molecule has 0 radical (unpaired) electrons. The number of methoxy groups -OCH3 is 1. The van der Waals surface area contributed by atoms with Crippen LogP contribution >= 0.6 is 11.3 Å². The zero-order valence-corrected chi connectivity index (χ0v) is 14.0. The molecule has 126 valence electrons. The van der Waals surface area contributed by atoms with Gasteiger partial charge in [-0.1, -0.05) is 12.1 Å². The molecule has 1 aliphatic heterocycles. The van der Waals surface area contributed by atoms with E-state index >= 15 is 0 Å². The highest BCUT2D eigenvalue weighted by molar-refractivity contribution is 7.09. The fourth-order valence-corrected chi connectivity index (χ4v) is 3.22. The van der Waals surface area contributed by atoms with E-state index < -0.39 is 6.04 Å². The molecule has 0 aliphatic carbocycles. The first-order valence-electron chi connectivity index (χ1n) is 7.52. The van der Waals surface area contributed by atoms with E-state index in [0.29, 0.717) is 18.0 Å². The van der Waals surface area contributed by atoms with E-state index in [1.165, 1.54) is 0 Å². The SMILES string of the molecule is COc1cccc(NC(=O)[C@H]2COCC(=O)N2Cc2cccs2)c1. The Labute approximate surface area is 144 Å². The summed E-state index contributed by atoms with van der Waals surface area (Å²) in [5.74, 6) is 0.201. The van der Waals surface area contributed by atoms with Crippen molar-refractivity contribution < 1.29 is 19.1 Å². The van der Waals surface area contributed by atoms with Gasteiger partial charge in [0.25, 0.3) is 0 Å². The van der Waals surface area contributed by atoms with Crippen molar-refractivity contribution in [1.29, 1.82) is 0 Å². The molecule has 2 aromatic rings. The zero-order valence-electron chi connectivity index (χ0n) is 13.2. The minimum Gasteiger partial charge on any atom is -0.497 e. The molecule has 2 heterocycles. The van der Waals surface area contributed by atoms with Gasteiger partial charge in [-0.3, -0.25) is 9.59 Å². The van der Waals surface area contributed by atoms with E-state index in [-0.39, 0.29) is 25.0 Å². The Morgan fingerprint density at radius 3 is 3.04 bits per heavy atom. The number of carbonyl (C=O) groups excluding carboxylic acids is 2. The maximum Gasteiger partial charge on any atom is 0.249 e. The van der Waals surface area contributed by atoms with E-state index in [9.17, 15) is 9.59 Å². The predicted octanol–water partition coefficient (Wildman–Crippen LogP) is 2.12. The highest BCUT2D eigenvalue weighted by Gasteiger charge is 2.34. The molecule has 0 unspecified atom stereocenters. The lowest BCUT2D eigenvalue weighted by Crippen LogP contribution is -2.54. The van der Waals surface area contributed by atoms with Gasteiger partial charge in [-0.2, -0.15) is 0 Å². The van der Waals surface area contributed by atoms with Crippen molar-refractivity contribution in [2.45, 2.75) is 12.6 Å². The highest BCUT2D eigenvalue weighted by Crippen LogP contribution is 2.20. The van der Waals surface area contributed by atoms with Gasteiger partial charge in [-0.15, -0.1) is 11.3 Å². The molecule has 0 bridgehead atoms. The Morgan fingerprint density at radius 2 is 2.29 bits per heavy atom. The zero-order chi connectivity index (χ0) is 16.9. The summed E-state index contributed by atoms with van der Waals surface area (Å²) in [4.78, 5) is 27.4. The Bertz CT molecular complexity index is 717. The largest absolute Gasteiger partial charge is 0.497 e. The lowest BCUT2D eigenvalue weighted by Gasteiger charge is -2.34. The molecule has 3 rings (SSSR count). The summed E-state index contributed by atoms with van der Waals surface area (Å²) >= 11 is 1.56. The molecule has 1 N–H and O–H groups in total. The number of rotatable bonds is 5. The maximum absolute atomic E-state index is 12.6. The van der Waals surface area contributed by atoms with Gasteiger partial charge >= 0.3 is 0 Å². The molecule has 7 heteroatoms. The first-order valence-corrected chi connectivity index (χ1v) is 8.40. The average Bonchev–Trinajstić information content (AvgIpc) is 3.10. The smallest absolute Gasteiger partial charge is 0.249 e. The topological polar surface area (TPSA) is 67.9 Å². The minimum atomic E-state index is -0.653. The number of amides is 2. The number of nitrogens with zero attached hydrogens (tertiary/aromatic N) is 1. The Hall–Kier alpha value is -2.38. The van der Waals surface area contributed by atoms with Crippen LogP contribution in [0.25, 0.3) is 0 Å². The predicted molar refractivity (Wildman–Crippen MR) is 91.1 cm³/mol. The van der Waals surface area contributed by atoms with Crippen LogP contribution in [0.1, 0.15) is 4.88 Å². The van der Waals surface area contributed by atoms with E-state index in [2.05, 4.69) is 5.32 Å². The molecular formula is C17H18N2O4S. The standard InChI is InChI=1S/C17H18N2O4S/c1-22-13-5-2-4-12(8-13)18-17(21)15-10-23-11-16(20)19(15)9-14-6-3-7-24-14/h2-8,15H,9-11H2,1H3,(H,18,21)/t15-/m1/s1. The van der Waals surface area contributed by atoms with Crippen molar-refractivity contribution in [2.75, 3.05) is 25.6 Å². The van der Waals surface area contributed by atoms with Gasteiger partial charge in [-0.25, -0.2) is 0 Å². The fourth-order valence-electron chi connectivity index (χ4n) is 2.52. The van der Waals surface area contributed by atoms with Gasteiger partial charge in [0.2, 0.25) is 11.8 Å². The first-order chi connectivity index (χ1) is 11.7. The second-order valence-electron chi connectivity index (χ2n) is 5.35. The molecule has 1 fully saturated rings. The number of hydrogen-bond acceptors (Lipinski definition) is 5. The van der Waals surface area contributed by atoms with E-state index in [1.54, 1.807) is 47.6 Å². The molecule has 1 aromatic carbocycles. The van der Waals surface area contributed by atoms with E-state index in [4.69, 9.17) is 9.47 Å². The van der Waals surface area contributed by atoms with Gasteiger partial charge in [-0.05, 0) is 23.6 Å². The average molecular weight is 346 g/mol. The lowest BCUT2D eigenvalue weighted by atomic mass is 10.2. The van der Waals surface area contributed by atoms with Gasteiger partial charge in [0.05, 0.1) is 20.3 Å². The molecule has 1 saturated heterocycles. The molecule has 1 atom stereocenters. The van der Waals surface area contributed by atoms with Crippen LogP contribution in [0.4, 0.5) is 5.69 Å². The maximum atomic E-state index is 12.6. The van der Waals surface area contributed by atoms with E-state index in [1.807, 2.05) is 17.5 Å². The number of anilines is 1. The monoisotopic (exact) mass is 346 g/mol. The quantitative estimate of drug-likeness (QED) is 0.900. The molecular weight excluding hydrogens is 328 g/mol. The van der Waals surface area contributed by atoms with Crippen molar-refractivity contribution in [3.8, 4) is 5.75 Å². The van der Waals surface area contributed by atoms with Crippen LogP contribution in [0.2, 0.25) is 0 Å². The summed E-state index contributed by atoms with van der Waals surface area (Å²) in [6, 6.07) is 10.3. The number of benzene rings is 1. The van der Waals surface area contributed by atoms with Crippen LogP contribution in [0.15, 0.2) is 41.8 Å². The minimum absolute atomic E-state index is 0.00825. The molecule has 24 heavy (non-hydrogen) atoms. The summed E-state index contributed by atoms with van der Waals surface area (Å²) in [6.45, 7) is 0.608. The summed E-state index contributed by atoms with van der Waals surface area (Å²) in [6.07, 6.45) is 0. The molecule has 1 aliphatic rings. The van der Waals surface area contributed by atoms with Crippen molar-refractivity contribution >= 4 is 28.8 Å². The van der Waals surface area contributed by atoms with Crippen LogP contribution < -0.4 is 10.1 Å². The Kier molecular flexibility index (Phi) is 5.12. The lowest BCUT2D eigenvalue weighted by molar-refractivity contribution is -0.153. The first kappa shape index (κ1) is 16.5. The van der Waals surface area contributed by atoms with Gasteiger partial charge in [0.15, 0.2) is 0 Å². The van der Waals surface area contributed by atoms with Crippen molar-refractivity contribution in [1.82, 2.24) is 4.90 Å². The van der Waals surface area contributed by atoms with Crippen molar-refractivity contribution in [3.63, 3.8) is 0 Å². The second kappa shape index (κ2) is 7.46. The van der Waals surface area contributed by atoms with Crippen LogP contribution in [0.3, 0.4) is 0 Å². The number of carbonyl (C=O) groups is 2. The highest BCUT2D eigenvalue weighted by atomic mass is 32.1. The van der Waals surface area contributed by atoms with Gasteiger partial charge < -0.3 is 19.7 Å². The number of hydrogen-bond donors (Lipinski definition) is 1. The summed E-state index contributed by atoms with van der Waals surface area (Å²) in [5, 5.41) is 4.78. The summed E-state index contributed by atoms with van der Waals surface area (Å²) in [7, 11) is 1.57.